The number of aromatic nitrogens is 2. The van der Waals surface area contributed by atoms with Crippen molar-refractivity contribution in [2.75, 3.05) is 14.2 Å². The minimum absolute atomic E-state index is 0.0738. The Morgan fingerprint density at radius 3 is 2.04 bits per heavy atom. The zero-order valence-corrected chi connectivity index (χ0v) is 18.2. The minimum Gasteiger partial charge on any atom is -0.378 e. The van der Waals surface area contributed by atoms with Gasteiger partial charge in [0.1, 0.15) is 6.23 Å². The Morgan fingerprint density at radius 1 is 1.04 bits per heavy atom. The molecule has 1 heterocycles. The number of hydrogen-bond donors (Lipinski definition) is 1. The van der Waals surface area contributed by atoms with Gasteiger partial charge in [0.2, 0.25) is 10.0 Å². The van der Waals surface area contributed by atoms with Crippen LogP contribution in [0.1, 0.15) is 37.9 Å². The molecule has 2 unspecified atom stereocenters. The van der Waals surface area contributed by atoms with Gasteiger partial charge in [0, 0.05) is 32.5 Å². The second-order valence-corrected chi connectivity index (χ2v) is 8.72. The average molecular weight is 412 g/mol. The molecule has 2 aromatic rings. The summed E-state index contributed by atoms with van der Waals surface area (Å²) >= 11 is 0. The Hall–Kier alpha value is -1.94. The van der Waals surface area contributed by atoms with Crippen LogP contribution < -0.4 is 10.3 Å². The van der Waals surface area contributed by atoms with E-state index in [1.54, 1.807) is 28.4 Å². The van der Waals surface area contributed by atoms with Crippen LogP contribution in [0, 0.1) is 6.92 Å². The van der Waals surface area contributed by atoms with Crippen molar-refractivity contribution in [3.8, 4) is 5.69 Å². The van der Waals surface area contributed by atoms with Gasteiger partial charge in [0.15, 0.2) is 0 Å². The zero-order valence-electron chi connectivity index (χ0n) is 17.4. The number of sulfonamides is 1. The third-order valence-corrected chi connectivity index (χ3v) is 6.33. The van der Waals surface area contributed by atoms with E-state index in [1.807, 2.05) is 27.8 Å². The van der Waals surface area contributed by atoms with Crippen LogP contribution in [0.3, 0.4) is 0 Å². The highest BCUT2D eigenvalue weighted by molar-refractivity contribution is 7.89. The van der Waals surface area contributed by atoms with E-state index in [2.05, 4.69) is 4.72 Å². The van der Waals surface area contributed by atoms with Crippen LogP contribution in [-0.2, 0) is 26.5 Å². The summed E-state index contributed by atoms with van der Waals surface area (Å²) in [7, 11) is 0.880. The van der Waals surface area contributed by atoms with E-state index in [1.165, 1.54) is 26.4 Å². The van der Waals surface area contributed by atoms with E-state index >= 15 is 0 Å². The van der Waals surface area contributed by atoms with Gasteiger partial charge < -0.3 is 9.47 Å². The first-order chi connectivity index (χ1) is 13.0. The fraction of sp³-hybridized carbons (Fsp3) is 0.526. The molecule has 0 aliphatic rings. The molecule has 0 saturated carbocycles. The van der Waals surface area contributed by atoms with Crippen LogP contribution in [0.15, 0.2) is 34.0 Å². The monoisotopic (exact) mass is 411 g/mol. The van der Waals surface area contributed by atoms with Crippen LogP contribution in [0.4, 0.5) is 0 Å². The third-order valence-electron chi connectivity index (χ3n) is 4.89. The van der Waals surface area contributed by atoms with Crippen molar-refractivity contribution in [1.82, 2.24) is 14.1 Å². The highest BCUT2D eigenvalue weighted by Gasteiger charge is 2.25. The fourth-order valence-electron chi connectivity index (χ4n) is 3.13. The number of nitrogens with zero attached hydrogens (tertiary/aromatic N) is 2. The van der Waals surface area contributed by atoms with Crippen molar-refractivity contribution in [1.29, 1.82) is 0 Å². The molecule has 0 aliphatic heterocycles. The maximum Gasteiger partial charge on any atom is 0.275 e. The molecule has 0 radical (unpaired) electrons. The summed E-state index contributed by atoms with van der Waals surface area (Å²) < 4.78 is 41.3. The Kier molecular flexibility index (Phi) is 6.87. The molecular weight excluding hydrogens is 382 g/mol. The highest BCUT2D eigenvalue weighted by Crippen LogP contribution is 2.19. The van der Waals surface area contributed by atoms with Gasteiger partial charge in [0.05, 0.1) is 16.7 Å². The lowest BCUT2D eigenvalue weighted by Crippen LogP contribution is -2.44. The molecular formula is C19H29N3O5S. The van der Waals surface area contributed by atoms with E-state index in [4.69, 9.17) is 9.47 Å². The van der Waals surface area contributed by atoms with E-state index in [0.29, 0.717) is 5.69 Å². The van der Waals surface area contributed by atoms with Crippen LogP contribution in [-0.4, -0.2) is 44.3 Å². The van der Waals surface area contributed by atoms with Crippen molar-refractivity contribution in [2.24, 2.45) is 7.05 Å². The standard InChI is InChI=1S/C19H29N3O5S/c1-12(2)17-13(3)21(5)22(19(17)23)15-8-10-16(11-9-15)28(24,25)20-18(27-7)14(4)26-6/h8-12,14,18,20H,1-7H3. The topological polar surface area (TPSA) is 91.6 Å². The minimum atomic E-state index is -3.81. The number of hydrogen-bond acceptors (Lipinski definition) is 5. The zero-order chi connectivity index (χ0) is 21.2. The lowest BCUT2D eigenvalue weighted by Gasteiger charge is -2.22. The van der Waals surface area contributed by atoms with Gasteiger partial charge in [-0.25, -0.2) is 13.1 Å². The van der Waals surface area contributed by atoms with Crippen molar-refractivity contribution in [2.45, 2.75) is 50.8 Å². The van der Waals surface area contributed by atoms with Gasteiger partial charge in [-0.2, -0.15) is 4.72 Å². The second kappa shape index (κ2) is 8.60. The summed E-state index contributed by atoms with van der Waals surface area (Å²) in [6.45, 7) is 7.55. The molecule has 156 valence electrons. The molecule has 1 aromatic heterocycles. The van der Waals surface area contributed by atoms with Gasteiger partial charge in [-0.05, 0) is 44.0 Å². The summed E-state index contributed by atoms with van der Waals surface area (Å²) in [5, 5.41) is 0. The maximum atomic E-state index is 12.8. The number of rotatable bonds is 8. The largest absolute Gasteiger partial charge is 0.378 e. The lowest BCUT2D eigenvalue weighted by atomic mass is 10.0. The Morgan fingerprint density at radius 2 is 1.61 bits per heavy atom. The smallest absolute Gasteiger partial charge is 0.275 e. The maximum absolute atomic E-state index is 12.8. The van der Waals surface area contributed by atoms with Crippen LogP contribution in [0.2, 0.25) is 0 Å². The number of benzene rings is 1. The van der Waals surface area contributed by atoms with E-state index in [9.17, 15) is 13.2 Å². The first kappa shape index (κ1) is 22.4. The molecule has 0 saturated heterocycles. The predicted molar refractivity (Wildman–Crippen MR) is 107 cm³/mol. The summed E-state index contributed by atoms with van der Waals surface area (Å²) in [4.78, 5) is 12.9. The highest BCUT2D eigenvalue weighted by atomic mass is 32.2. The first-order valence-electron chi connectivity index (χ1n) is 9.02. The molecule has 2 atom stereocenters. The van der Waals surface area contributed by atoms with Gasteiger partial charge in [-0.1, -0.05) is 13.8 Å². The lowest BCUT2D eigenvalue weighted by molar-refractivity contribution is -0.0315. The SMILES string of the molecule is COC(C)C(NS(=O)(=O)c1ccc(-n2c(=O)c(C(C)C)c(C)n2C)cc1)OC. The molecule has 1 aromatic carbocycles. The van der Waals surface area contributed by atoms with Crippen molar-refractivity contribution in [3.05, 3.63) is 45.9 Å². The van der Waals surface area contributed by atoms with Gasteiger partial charge in [0.25, 0.3) is 5.56 Å². The third kappa shape index (κ3) is 4.22. The van der Waals surface area contributed by atoms with Crippen LogP contribution >= 0.6 is 0 Å². The van der Waals surface area contributed by atoms with E-state index < -0.39 is 22.4 Å². The normalized spacial score (nSPS) is 14.4. The Balaban J connectivity index is 2.39. The van der Waals surface area contributed by atoms with Crippen molar-refractivity contribution < 1.29 is 17.9 Å². The second-order valence-electron chi connectivity index (χ2n) is 7.01. The molecule has 0 fully saturated rings. The molecule has 0 aliphatic carbocycles. The average Bonchev–Trinajstić information content (AvgIpc) is 2.88. The molecule has 28 heavy (non-hydrogen) atoms. The molecule has 8 nitrogen and oxygen atoms in total. The summed E-state index contributed by atoms with van der Waals surface area (Å²) in [6.07, 6.45) is -1.28. The number of methoxy groups -OCH3 is 2. The summed E-state index contributed by atoms with van der Waals surface area (Å²) in [6, 6.07) is 6.15. The van der Waals surface area contributed by atoms with E-state index in [-0.39, 0.29) is 16.4 Å². The fourth-order valence-corrected chi connectivity index (χ4v) is 4.36. The van der Waals surface area contributed by atoms with Gasteiger partial charge in [-0.3, -0.25) is 9.48 Å². The number of nitrogens with one attached hydrogen (secondary N) is 1. The van der Waals surface area contributed by atoms with Crippen LogP contribution in [0.25, 0.3) is 5.69 Å². The number of ether oxygens (including phenoxy) is 2. The summed E-state index contributed by atoms with van der Waals surface area (Å²) in [5.74, 6) is 0.0950. The summed E-state index contributed by atoms with van der Waals surface area (Å²) in [5.41, 5.74) is 2.12. The predicted octanol–water partition coefficient (Wildman–Crippen LogP) is 1.89. The Bertz CT molecular complexity index is 974. The quantitative estimate of drug-likeness (QED) is 0.670. The molecule has 0 bridgehead atoms. The Labute approximate surface area is 166 Å². The molecule has 0 spiro atoms. The van der Waals surface area contributed by atoms with E-state index in [0.717, 1.165) is 11.3 Å². The molecule has 9 heteroatoms. The van der Waals surface area contributed by atoms with Crippen molar-refractivity contribution in [3.63, 3.8) is 0 Å². The molecule has 2 rings (SSSR count). The first-order valence-corrected chi connectivity index (χ1v) is 10.5. The van der Waals surface area contributed by atoms with Crippen molar-refractivity contribution >= 4 is 10.0 Å². The van der Waals surface area contributed by atoms with Gasteiger partial charge >= 0.3 is 0 Å². The van der Waals surface area contributed by atoms with Gasteiger partial charge in [-0.15, -0.1) is 0 Å². The molecule has 0 amide bonds. The molecule has 1 N–H and O–H groups in total. The van der Waals surface area contributed by atoms with Crippen LogP contribution in [0.5, 0.6) is 0 Å².